The Morgan fingerprint density at radius 2 is 2.36 bits per heavy atom. The van der Waals surface area contributed by atoms with E-state index in [0.717, 1.165) is 26.0 Å². The lowest BCUT2D eigenvalue weighted by atomic mass is 10.1. The Hall–Kier alpha value is 0.140. The van der Waals surface area contributed by atoms with Gasteiger partial charge in [0.15, 0.2) is 0 Å². The van der Waals surface area contributed by atoms with Crippen molar-refractivity contribution in [1.29, 1.82) is 0 Å². The highest BCUT2D eigenvalue weighted by Gasteiger charge is 2.14. The summed E-state index contributed by atoms with van der Waals surface area (Å²) in [5, 5.41) is 0. The number of halogens is 2. The lowest BCUT2D eigenvalue weighted by Crippen LogP contribution is -2.27. The first-order valence-corrected chi connectivity index (χ1v) is 6.43. The van der Waals surface area contributed by atoms with Crippen molar-refractivity contribution in [3.63, 3.8) is 0 Å². The third kappa shape index (κ3) is 3.07. The average molecular weight is 338 g/mol. The number of terminal acetylenes is 1. The Bertz CT molecular complexity index is 343. The van der Waals surface area contributed by atoms with E-state index < -0.39 is 0 Å². The maximum atomic E-state index is 5.47. The molecule has 76 valence electrons. The van der Waals surface area contributed by atoms with Gasteiger partial charge in [0, 0.05) is 12.5 Å². The van der Waals surface area contributed by atoms with Crippen molar-refractivity contribution in [2.24, 2.45) is 5.84 Å². The number of rotatable bonds is 4. The summed E-state index contributed by atoms with van der Waals surface area (Å²) in [6, 6.07) is 2.17. The predicted molar refractivity (Wildman–Crippen MR) is 67.9 cm³/mol. The van der Waals surface area contributed by atoms with Crippen LogP contribution in [0.2, 0.25) is 0 Å². The topological polar surface area (TPSA) is 38.0 Å². The summed E-state index contributed by atoms with van der Waals surface area (Å²) in [5.41, 5.74) is 3.92. The first-order chi connectivity index (χ1) is 6.69. The largest absolute Gasteiger partial charge is 0.271 e. The van der Waals surface area contributed by atoms with Crippen LogP contribution in [-0.2, 0) is 0 Å². The Kier molecular flexibility index (Phi) is 5.13. The van der Waals surface area contributed by atoms with Crippen molar-refractivity contribution in [3.8, 4) is 12.3 Å². The fourth-order valence-corrected chi connectivity index (χ4v) is 4.12. The standard InChI is InChI=1S/C9H10Br2N2S/c1-2-3-4-7(13-12)6-5-8(10)14-9(6)11/h1,5,7,13H,3-4,12H2. The van der Waals surface area contributed by atoms with Gasteiger partial charge in [-0.3, -0.25) is 11.3 Å². The summed E-state index contributed by atoms with van der Waals surface area (Å²) in [6.07, 6.45) is 6.77. The zero-order valence-electron chi connectivity index (χ0n) is 7.39. The van der Waals surface area contributed by atoms with Crippen LogP contribution >= 0.6 is 43.2 Å². The molecule has 0 radical (unpaired) electrons. The lowest BCUT2D eigenvalue weighted by Gasteiger charge is -2.13. The van der Waals surface area contributed by atoms with Crippen molar-refractivity contribution >= 4 is 43.2 Å². The molecule has 0 bridgehead atoms. The van der Waals surface area contributed by atoms with Crippen molar-refractivity contribution < 1.29 is 0 Å². The molecule has 1 heterocycles. The third-order valence-corrected chi connectivity index (χ3v) is 4.22. The molecule has 1 unspecified atom stereocenters. The van der Waals surface area contributed by atoms with E-state index in [4.69, 9.17) is 12.3 Å². The molecule has 14 heavy (non-hydrogen) atoms. The van der Waals surface area contributed by atoms with Crippen LogP contribution in [0.15, 0.2) is 13.6 Å². The van der Waals surface area contributed by atoms with Crippen LogP contribution in [0.1, 0.15) is 24.4 Å². The number of nitrogens with two attached hydrogens (primary N) is 1. The molecule has 0 aliphatic carbocycles. The summed E-state index contributed by atoms with van der Waals surface area (Å²) < 4.78 is 2.17. The highest BCUT2D eigenvalue weighted by Crippen LogP contribution is 2.36. The van der Waals surface area contributed by atoms with Gasteiger partial charge in [0.1, 0.15) is 0 Å². The monoisotopic (exact) mass is 336 g/mol. The minimum Gasteiger partial charge on any atom is -0.271 e. The summed E-state index contributed by atoms with van der Waals surface area (Å²) in [4.78, 5) is 0. The maximum absolute atomic E-state index is 5.47. The molecule has 5 heteroatoms. The highest BCUT2D eigenvalue weighted by molar-refractivity contribution is 9.12. The van der Waals surface area contributed by atoms with Crippen molar-refractivity contribution in [2.75, 3.05) is 0 Å². The minimum atomic E-state index is 0.114. The van der Waals surface area contributed by atoms with Crippen LogP contribution in [0.3, 0.4) is 0 Å². The molecule has 0 aromatic carbocycles. The van der Waals surface area contributed by atoms with Crippen LogP contribution in [0.4, 0.5) is 0 Å². The second-order valence-electron chi connectivity index (χ2n) is 2.74. The predicted octanol–water partition coefficient (Wildman–Crippen LogP) is 3.19. The van der Waals surface area contributed by atoms with Gasteiger partial charge in [-0.15, -0.1) is 23.7 Å². The molecule has 1 aromatic rings. The van der Waals surface area contributed by atoms with Crippen LogP contribution in [-0.4, -0.2) is 0 Å². The fourth-order valence-electron chi connectivity index (χ4n) is 1.15. The zero-order valence-corrected chi connectivity index (χ0v) is 11.4. The zero-order chi connectivity index (χ0) is 10.6. The molecule has 2 nitrogen and oxygen atoms in total. The van der Waals surface area contributed by atoms with E-state index in [9.17, 15) is 0 Å². The summed E-state index contributed by atoms with van der Waals surface area (Å²) in [6.45, 7) is 0. The Balaban J connectivity index is 2.79. The first-order valence-electron chi connectivity index (χ1n) is 4.03. The molecule has 0 fully saturated rings. The van der Waals surface area contributed by atoms with Gasteiger partial charge < -0.3 is 0 Å². The molecule has 1 atom stereocenters. The van der Waals surface area contributed by atoms with Gasteiger partial charge in [0.2, 0.25) is 0 Å². The lowest BCUT2D eigenvalue weighted by molar-refractivity contribution is 0.524. The van der Waals surface area contributed by atoms with E-state index in [1.54, 1.807) is 11.3 Å². The molecule has 0 saturated heterocycles. The second kappa shape index (κ2) is 5.89. The number of hydrogen-bond donors (Lipinski definition) is 2. The van der Waals surface area contributed by atoms with Gasteiger partial charge in [-0.05, 0) is 49.9 Å². The molecule has 0 amide bonds. The van der Waals surface area contributed by atoms with Crippen LogP contribution in [0.5, 0.6) is 0 Å². The third-order valence-electron chi connectivity index (χ3n) is 1.84. The number of thiophene rings is 1. The van der Waals surface area contributed by atoms with Gasteiger partial charge >= 0.3 is 0 Å². The van der Waals surface area contributed by atoms with Crippen LogP contribution < -0.4 is 11.3 Å². The molecule has 3 N–H and O–H groups in total. The van der Waals surface area contributed by atoms with Gasteiger partial charge in [-0.2, -0.15) is 0 Å². The molecule has 1 aromatic heterocycles. The summed E-state index contributed by atoms with van der Waals surface area (Å²) in [5.74, 6) is 8.08. The molecule has 0 aliphatic heterocycles. The molecule has 0 spiro atoms. The number of hydrazine groups is 1. The molecule has 1 rings (SSSR count). The SMILES string of the molecule is C#CCCC(NN)c1cc(Br)sc1Br. The van der Waals surface area contributed by atoms with E-state index >= 15 is 0 Å². The Morgan fingerprint density at radius 1 is 1.64 bits per heavy atom. The minimum absolute atomic E-state index is 0.114. The van der Waals surface area contributed by atoms with Crippen LogP contribution in [0, 0.1) is 12.3 Å². The first kappa shape index (κ1) is 12.2. The Labute approximate surface area is 104 Å². The Morgan fingerprint density at radius 3 is 2.79 bits per heavy atom. The summed E-state index contributed by atoms with van der Waals surface area (Å²) >= 11 is 8.55. The molecular weight excluding hydrogens is 328 g/mol. The van der Waals surface area contributed by atoms with E-state index in [2.05, 4.69) is 49.3 Å². The molecule has 0 aliphatic rings. The number of hydrogen-bond acceptors (Lipinski definition) is 3. The van der Waals surface area contributed by atoms with E-state index in [1.807, 2.05) is 0 Å². The van der Waals surface area contributed by atoms with Crippen LogP contribution in [0.25, 0.3) is 0 Å². The number of nitrogens with one attached hydrogen (secondary N) is 1. The van der Waals surface area contributed by atoms with Crippen molar-refractivity contribution in [1.82, 2.24) is 5.43 Å². The van der Waals surface area contributed by atoms with Gasteiger partial charge in [-0.25, -0.2) is 0 Å². The van der Waals surface area contributed by atoms with Gasteiger partial charge in [0.05, 0.1) is 7.57 Å². The average Bonchev–Trinajstić information content (AvgIpc) is 2.47. The van der Waals surface area contributed by atoms with Crippen molar-refractivity contribution in [2.45, 2.75) is 18.9 Å². The fraction of sp³-hybridized carbons (Fsp3) is 0.333. The van der Waals surface area contributed by atoms with E-state index in [0.29, 0.717) is 0 Å². The quantitative estimate of drug-likeness (QED) is 0.503. The maximum Gasteiger partial charge on any atom is 0.0758 e. The molecular formula is C9H10Br2N2S. The van der Waals surface area contributed by atoms with Gasteiger partial charge in [-0.1, -0.05) is 0 Å². The normalized spacial score (nSPS) is 12.4. The summed E-state index contributed by atoms with van der Waals surface area (Å²) in [7, 11) is 0. The van der Waals surface area contributed by atoms with Gasteiger partial charge in [0.25, 0.3) is 0 Å². The molecule has 0 saturated carbocycles. The van der Waals surface area contributed by atoms with E-state index in [1.165, 1.54) is 0 Å². The van der Waals surface area contributed by atoms with Crippen molar-refractivity contribution in [3.05, 3.63) is 19.2 Å². The smallest absolute Gasteiger partial charge is 0.0758 e. The van der Waals surface area contributed by atoms with E-state index in [-0.39, 0.29) is 6.04 Å². The second-order valence-corrected chi connectivity index (χ2v) is 6.49. The highest BCUT2D eigenvalue weighted by atomic mass is 79.9.